The predicted octanol–water partition coefficient (Wildman–Crippen LogP) is 2.96. The molecular formula is C19H26N2O4S. The molecule has 0 fully saturated rings. The van der Waals surface area contributed by atoms with E-state index in [1.54, 1.807) is 32.9 Å². The SMILES string of the molecule is Cc1oc(C)c(C(=O)NCc2ccc(CS(=O)(=O)NC(C)C)cc2)c1C. The van der Waals surface area contributed by atoms with Crippen molar-refractivity contribution in [2.45, 2.75) is 53.0 Å². The van der Waals surface area contributed by atoms with E-state index in [1.165, 1.54) is 0 Å². The standard InChI is InChI=1S/C19H26N2O4S/c1-12(2)21-26(23,24)11-17-8-6-16(7-9-17)10-20-19(22)18-13(3)14(4)25-15(18)5/h6-9,12,21H,10-11H2,1-5H3,(H,20,22). The maximum absolute atomic E-state index is 12.4. The molecule has 0 aliphatic rings. The lowest BCUT2D eigenvalue weighted by Gasteiger charge is -2.10. The Hall–Kier alpha value is -2.12. The van der Waals surface area contributed by atoms with E-state index in [0.717, 1.165) is 16.9 Å². The summed E-state index contributed by atoms with van der Waals surface area (Å²) in [6.45, 7) is 9.40. The first-order valence-electron chi connectivity index (χ1n) is 8.51. The van der Waals surface area contributed by atoms with Crippen LogP contribution in [-0.4, -0.2) is 20.4 Å². The smallest absolute Gasteiger partial charge is 0.255 e. The quantitative estimate of drug-likeness (QED) is 0.775. The Morgan fingerprint density at radius 3 is 2.12 bits per heavy atom. The number of nitrogens with one attached hydrogen (secondary N) is 2. The average molecular weight is 378 g/mol. The Morgan fingerprint density at radius 1 is 1.04 bits per heavy atom. The monoisotopic (exact) mass is 378 g/mol. The summed E-state index contributed by atoms with van der Waals surface area (Å²) in [6, 6.07) is 7.04. The van der Waals surface area contributed by atoms with Gasteiger partial charge in [0.25, 0.3) is 5.91 Å². The van der Waals surface area contributed by atoms with Crippen LogP contribution in [0.2, 0.25) is 0 Å². The Bertz CT molecular complexity index is 881. The molecule has 0 radical (unpaired) electrons. The first-order valence-corrected chi connectivity index (χ1v) is 10.2. The van der Waals surface area contributed by atoms with Crippen LogP contribution in [0.15, 0.2) is 28.7 Å². The largest absolute Gasteiger partial charge is 0.466 e. The van der Waals surface area contributed by atoms with Crippen molar-refractivity contribution in [2.75, 3.05) is 0 Å². The van der Waals surface area contributed by atoms with Gasteiger partial charge < -0.3 is 9.73 Å². The lowest BCUT2D eigenvalue weighted by atomic mass is 10.1. The van der Waals surface area contributed by atoms with E-state index in [9.17, 15) is 13.2 Å². The van der Waals surface area contributed by atoms with Crippen LogP contribution >= 0.6 is 0 Å². The molecule has 0 aliphatic heterocycles. The number of benzene rings is 1. The molecule has 0 aliphatic carbocycles. The van der Waals surface area contributed by atoms with Crippen molar-refractivity contribution in [3.63, 3.8) is 0 Å². The fourth-order valence-corrected chi connectivity index (χ4v) is 4.20. The summed E-state index contributed by atoms with van der Waals surface area (Å²) in [5, 5.41) is 2.87. The second-order valence-corrected chi connectivity index (χ2v) is 8.50. The highest BCUT2D eigenvalue weighted by Crippen LogP contribution is 2.20. The molecule has 1 aromatic carbocycles. The number of rotatable bonds is 7. The number of amides is 1. The number of hydrogen-bond acceptors (Lipinski definition) is 4. The van der Waals surface area contributed by atoms with Gasteiger partial charge in [0.05, 0.1) is 11.3 Å². The van der Waals surface area contributed by atoms with E-state index in [2.05, 4.69) is 10.0 Å². The van der Waals surface area contributed by atoms with Crippen LogP contribution in [0.25, 0.3) is 0 Å². The third-order valence-corrected chi connectivity index (χ3v) is 5.58. The van der Waals surface area contributed by atoms with Gasteiger partial charge in [-0.25, -0.2) is 13.1 Å². The van der Waals surface area contributed by atoms with Crippen molar-refractivity contribution in [2.24, 2.45) is 0 Å². The number of carbonyl (C=O) groups is 1. The molecule has 0 unspecified atom stereocenters. The van der Waals surface area contributed by atoms with Crippen molar-refractivity contribution in [1.29, 1.82) is 0 Å². The minimum Gasteiger partial charge on any atom is -0.466 e. The Balaban J connectivity index is 1.98. The van der Waals surface area contributed by atoms with Crippen molar-refractivity contribution < 1.29 is 17.6 Å². The molecule has 0 saturated carbocycles. The molecule has 1 aromatic heterocycles. The van der Waals surface area contributed by atoms with Crippen molar-refractivity contribution in [3.05, 3.63) is 58.0 Å². The van der Waals surface area contributed by atoms with Gasteiger partial charge in [-0.05, 0) is 45.7 Å². The molecule has 7 heteroatoms. The zero-order chi connectivity index (χ0) is 19.5. The number of carbonyl (C=O) groups excluding carboxylic acids is 1. The lowest BCUT2D eigenvalue weighted by molar-refractivity contribution is 0.0949. The number of aryl methyl sites for hydroxylation is 2. The van der Waals surface area contributed by atoms with Gasteiger partial charge in [-0.15, -0.1) is 0 Å². The molecule has 2 rings (SSSR count). The number of hydrogen-bond donors (Lipinski definition) is 2. The van der Waals surface area contributed by atoms with Crippen molar-refractivity contribution >= 4 is 15.9 Å². The average Bonchev–Trinajstić information content (AvgIpc) is 2.77. The minimum absolute atomic E-state index is 0.0650. The van der Waals surface area contributed by atoms with Crippen LogP contribution < -0.4 is 10.0 Å². The zero-order valence-corrected chi connectivity index (χ0v) is 16.7. The fraction of sp³-hybridized carbons (Fsp3) is 0.421. The van der Waals surface area contributed by atoms with Gasteiger partial charge in [-0.2, -0.15) is 0 Å². The molecule has 1 amide bonds. The molecule has 6 nitrogen and oxygen atoms in total. The summed E-state index contributed by atoms with van der Waals surface area (Å²) < 4.78 is 32.0. The van der Waals surface area contributed by atoms with Gasteiger partial charge in [-0.3, -0.25) is 4.79 Å². The summed E-state index contributed by atoms with van der Waals surface area (Å²) in [4.78, 5) is 12.4. The predicted molar refractivity (Wildman–Crippen MR) is 101 cm³/mol. The van der Waals surface area contributed by atoms with Crippen LogP contribution in [0.1, 0.15) is 52.4 Å². The minimum atomic E-state index is -3.35. The molecule has 0 saturated heterocycles. The van der Waals surface area contributed by atoms with E-state index in [4.69, 9.17) is 4.42 Å². The second kappa shape index (κ2) is 8.05. The van der Waals surface area contributed by atoms with E-state index < -0.39 is 10.0 Å². The molecule has 0 atom stereocenters. The Labute approximate surface area is 155 Å². The van der Waals surface area contributed by atoms with Crippen LogP contribution in [0.4, 0.5) is 0 Å². The number of furan rings is 1. The fourth-order valence-electron chi connectivity index (χ4n) is 2.77. The number of sulfonamides is 1. The molecule has 0 spiro atoms. The summed E-state index contributed by atoms with van der Waals surface area (Å²) >= 11 is 0. The third kappa shape index (κ3) is 5.19. The molecular weight excluding hydrogens is 352 g/mol. The van der Waals surface area contributed by atoms with Gasteiger partial charge in [0, 0.05) is 18.2 Å². The van der Waals surface area contributed by atoms with E-state index in [-0.39, 0.29) is 17.7 Å². The maximum Gasteiger partial charge on any atom is 0.255 e. The van der Waals surface area contributed by atoms with Crippen LogP contribution in [0.5, 0.6) is 0 Å². The van der Waals surface area contributed by atoms with Crippen LogP contribution in [0.3, 0.4) is 0 Å². The second-order valence-electron chi connectivity index (χ2n) is 6.75. The Morgan fingerprint density at radius 2 is 1.62 bits per heavy atom. The van der Waals surface area contributed by atoms with Crippen LogP contribution in [-0.2, 0) is 22.3 Å². The molecule has 2 aromatic rings. The summed E-state index contributed by atoms with van der Waals surface area (Å²) in [5.74, 6) is 1.11. The van der Waals surface area contributed by atoms with Crippen LogP contribution in [0, 0.1) is 20.8 Å². The van der Waals surface area contributed by atoms with Gasteiger partial charge in [0.15, 0.2) is 0 Å². The molecule has 26 heavy (non-hydrogen) atoms. The first-order chi connectivity index (χ1) is 12.1. The first kappa shape index (κ1) is 20.2. The molecule has 0 bridgehead atoms. The van der Waals surface area contributed by atoms with Gasteiger partial charge in [0.1, 0.15) is 11.5 Å². The zero-order valence-electron chi connectivity index (χ0n) is 15.8. The molecule has 2 N–H and O–H groups in total. The highest BCUT2D eigenvalue weighted by molar-refractivity contribution is 7.88. The van der Waals surface area contributed by atoms with E-state index >= 15 is 0 Å². The highest BCUT2D eigenvalue weighted by Gasteiger charge is 2.18. The summed E-state index contributed by atoms with van der Waals surface area (Å²) in [7, 11) is -3.35. The molecule has 142 valence electrons. The van der Waals surface area contributed by atoms with Crippen molar-refractivity contribution in [1.82, 2.24) is 10.0 Å². The van der Waals surface area contributed by atoms with Gasteiger partial charge in [-0.1, -0.05) is 24.3 Å². The van der Waals surface area contributed by atoms with Crippen molar-refractivity contribution in [3.8, 4) is 0 Å². The normalized spacial score (nSPS) is 11.8. The summed E-state index contributed by atoms with van der Waals surface area (Å²) in [6.07, 6.45) is 0. The summed E-state index contributed by atoms with van der Waals surface area (Å²) in [5.41, 5.74) is 3.01. The topological polar surface area (TPSA) is 88.4 Å². The van der Waals surface area contributed by atoms with E-state index in [0.29, 0.717) is 23.4 Å². The maximum atomic E-state index is 12.4. The molecule has 1 heterocycles. The van der Waals surface area contributed by atoms with Gasteiger partial charge in [0.2, 0.25) is 10.0 Å². The highest BCUT2D eigenvalue weighted by atomic mass is 32.2. The van der Waals surface area contributed by atoms with Gasteiger partial charge >= 0.3 is 0 Å². The third-order valence-electron chi connectivity index (χ3n) is 4.04. The Kier molecular flexibility index (Phi) is 6.26. The lowest BCUT2D eigenvalue weighted by Crippen LogP contribution is -2.31. The van der Waals surface area contributed by atoms with E-state index in [1.807, 2.05) is 26.0 Å².